The lowest BCUT2D eigenvalue weighted by molar-refractivity contribution is 0.0714. The van der Waals surface area contributed by atoms with E-state index in [0.717, 1.165) is 18.6 Å². The molecule has 0 atom stereocenters. The summed E-state index contributed by atoms with van der Waals surface area (Å²) in [6.45, 7) is 3.70. The van der Waals surface area contributed by atoms with Crippen LogP contribution in [0.4, 0.5) is 0 Å². The first-order chi connectivity index (χ1) is 8.53. The Kier molecular flexibility index (Phi) is 4.28. The van der Waals surface area contributed by atoms with E-state index < -0.39 is 5.60 Å². The van der Waals surface area contributed by atoms with E-state index in [1.807, 2.05) is 13.8 Å². The van der Waals surface area contributed by atoms with Crippen molar-refractivity contribution in [1.29, 1.82) is 0 Å². The van der Waals surface area contributed by atoms with Crippen LogP contribution in [0.25, 0.3) is 0 Å². The minimum absolute atomic E-state index is 0.423. The quantitative estimate of drug-likeness (QED) is 0.860. The average Bonchev–Trinajstić information content (AvgIpc) is 2.80. The Morgan fingerprint density at radius 1 is 1.17 bits per heavy atom. The van der Waals surface area contributed by atoms with Crippen LogP contribution in [0.15, 0.2) is 24.3 Å². The maximum atomic E-state index is 9.70. The van der Waals surface area contributed by atoms with E-state index in [1.165, 1.54) is 31.2 Å². The van der Waals surface area contributed by atoms with Crippen LogP contribution in [0.2, 0.25) is 0 Å². The van der Waals surface area contributed by atoms with Crippen molar-refractivity contribution in [2.45, 2.75) is 64.1 Å². The largest absolute Gasteiger partial charge is 0.490 e. The highest BCUT2D eigenvalue weighted by Crippen LogP contribution is 2.24. The van der Waals surface area contributed by atoms with Gasteiger partial charge in [-0.05, 0) is 70.1 Å². The third kappa shape index (κ3) is 4.34. The normalized spacial score (nSPS) is 17.1. The summed E-state index contributed by atoms with van der Waals surface area (Å²) < 4.78 is 5.93. The molecule has 0 heterocycles. The number of aryl methyl sites for hydroxylation is 1. The van der Waals surface area contributed by atoms with Gasteiger partial charge in [-0.1, -0.05) is 12.1 Å². The summed E-state index contributed by atoms with van der Waals surface area (Å²) in [5.41, 5.74) is 0.676. The lowest BCUT2D eigenvalue weighted by Gasteiger charge is -2.17. The topological polar surface area (TPSA) is 29.5 Å². The first-order valence-electron chi connectivity index (χ1n) is 7.01. The first-order valence-corrected chi connectivity index (χ1v) is 7.01. The highest BCUT2D eigenvalue weighted by Gasteiger charge is 2.16. The molecule has 2 heteroatoms. The van der Waals surface area contributed by atoms with E-state index in [2.05, 4.69) is 24.3 Å². The molecule has 100 valence electrons. The van der Waals surface area contributed by atoms with E-state index >= 15 is 0 Å². The number of aliphatic hydroxyl groups is 1. The Bertz CT molecular complexity index is 356. The van der Waals surface area contributed by atoms with E-state index in [-0.39, 0.29) is 0 Å². The summed E-state index contributed by atoms with van der Waals surface area (Å²) in [4.78, 5) is 0. The third-order valence-electron chi connectivity index (χ3n) is 3.55. The smallest absolute Gasteiger partial charge is 0.119 e. The third-order valence-corrected chi connectivity index (χ3v) is 3.55. The molecule has 1 N–H and O–H groups in total. The zero-order chi connectivity index (χ0) is 13.0. The van der Waals surface area contributed by atoms with Crippen LogP contribution >= 0.6 is 0 Å². The van der Waals surface area contributed by atoms with Crippen LogP contribution in [-0.4, -0.2) is 16.8 Å². The molecule has 1 saturated carbocycles. The monoisotopic (exact) mass is 248 g/mol. The fourth-order valence-corrected chi connectivity index (χ4v) is 2.38. The molecule has 0 aromatic heterocycles. The molecule has 0 radical (unpaired) electrons. The Balaban J connectivity index is 1.85. The zero-order valence-corrected chi connectivity index (χ0v) is 11.5. The van der Waals surface area contributed by atoms with Crippen LogP contribution in [0, 0.1) is 0 Å². The van der Waals surface area contributed by atoms with Gasteiger partial charge in [0.1, 0.15) is 5.75 Å². The van der Waals surface area contributed by atoms with Crippen molar-refractivity contribution >= 4 is 0 Å². The van der Waals surface area contributed by atoms with Gasteiger partial charge in [0.2, 0.25) is 0 Å². The molecule has 1 aromatic rings. The predicted octanol–water partition coefficient (Wildman–Crippen LogP) is 3.71. The summed E-state index contributed by atoms with van der Waals surface area (Å²) >= 11 is 0. The summed E-state index contributed by atoms with van der Waals surface area (Å²) in [6, 6.07) is 8.32. The minimum Gasteiger partial charge on any atom is -0.490 e. The molecule has 0 bridgehead atoms. The minimum atomic E-state index is -0.584. The second kappa shape index (κ2) is 5.75. The molecule has 1 aromatic carbocycles. The molecule has 0 saturated heterocycles. The lowest BCUT2D eigenvalue weighted by Crippen LogP contribution is -2.19. The molecule has 1 fully saturated rings. The van der Waals surface area contributed by atoms with Gasteiger partial charge in [0.25, 0.3) is 0 Å². The van der Waals surface area contributed by atoms with Gasteiger partial charge in [-0.3, -0.25) is 0 Å². The predicted molar refractivity (Wildman–Crippen MR) is 73.9 cm³/mol. The van der Waals surface area contributed by atoms with E-state index in [9.17, 15) is 5.11 Å². The summed E-state index contributed by atoms with van der Waals surface area (Å²) in [5, 5.41) is 9.70. The van der Waals surface area contributed by atoms with Gasteiger partial charge in [0, 0.05) is 0 Å². The van der Waals surface area contributed by atoms with Crippen molar-refractivity contribution in [3.05, 3.63) is 29.8 Å². The van der Waals surface area contributed by atoms with Gasteiger partial charge >= 0.3 is 0 Å². The molecule has 2 nitrogen and oxygen atoms in total. The number of benzene rings is 1. The van der Waals surface area contributed by atoms with E-state index in [4.69, 9.17) is 4.74 Å². The highest BCUT2D eigenvalue weighted by molar-refractivity contribution is 5.27. The number of hydrogen-bond donors (Lipinski definition) is 1. The number of rotatable bonds is 5. The molecule has 1 aliphatic rings. The summed E-state index contributed by atoms with van der Waals surface area (Å²) in [7, 11) is 0. The number of hydrogen-bond acceptors (Lipinski definition) is 2. The maximum Gasteiger partial charge on any atom is 0.119 e. The number of ether oxygens (including phenoxy) is 1. The molecular formula is C16H24O2. The lowest BCUT2D eigenvalue weighted by atomic mass is 9.99. The first kappa shape index (κ1) is 13.4. The van der Waals surface area contributed by atoms with Crippen molar-refractivity contribution in [1.82, 2.24) is 0 Å². The molecular weight excluding hydrogens is 224 g/mol. The van der Waals surface area contributed by atoms with Crippen molar-refractivity contribution in [3.8, 4) is 5.75 Å². The average molecular weight is 248 g/mol. The highest BCUT2D eigenvalue weighted by atomic mass is 16.5. The van der Waals surface area contributed by atoms with Gasteiger partial charge in [0.05, 0.1) is 11.7 Å². The fraction of sp³-hybridized carbons (Fsp3) is 0.625. The van der Waals surface area contributed by atoms with Crippen LogP contribution < -0.4 is 4.74 Å². The Morgan fingerprint density at radius 3 is 2.33 bits per heavy atom. The van der Waals surface area contributed by atoms with E-state index in [1.54, 1.807) is 0 Å². The Hall–Kier alpha value is -1.02. The van der Waals surface area contributed by atoms with Gasteiger partial charge < -0.3 is 9.84 Å². The summed E-state index contributed by atoms with van der Waals surface area (Å²) in [5.74, 6) is 0.980. The van der Waals surface area contributed by atoms with Gasteiger partial charge in [-0.25, -0.2) is 0 Å². The molecule has 2 rings (SSSR count). The standard InChI is InChI=1S/C16H24O2/c1-16(2,17)12-11-13-7-9-15(10-8-13)18-14-5-3-4-6-14/h7-10,14,17H,3-6,11-12H2,1-2H3. The molecule has 0 amide bonds. The second-order valence-electron chi connectivity index (χ2n) is 5.98. The molecule has 1 aliphatic carbocycles. The fourth-order valence-electron chi connectivity index (χ4n) is 2.38. The van der Waals surface area contributed by atoms with Gasteiger partial charge in [-0.2, -0.15) is 0 Å². The Labute approximate surface area is 110 Å². The van der Waals surface area contributed by atoms with Crippen LogP contribution in [-0.2, 0) is 6.42 Å². The van der Waals surface area contributed by atoms with Crippen molar-refractivity contribution in [3.63, 3.8) is 0 Å². The summed E-state index contributed by atoms with van der Waals surface area (Å²) in [6.07, 6.45) is 7.11. The molecule has 0 unspecified atom stereocenters. The van der Waals surface area contributed by atoms with Gasteiger partial charge in [0.15, 0.2) is 0 Å². The van der Waals surface area contributed by atoms with Crippen molar-refractivity contribution in [2.75, 3.05) is 0 Å². The molecule has 0 aliphatic heterocycles. The van der Waals surface area contributed by atoms with E-state index in [0.29, 0.717) is 6.10 Å². The van der Waals surface area contributed by atoms with Crippen molar-refractivity contribution < 1.29 is 9.84 Å². The SMILES string of the molecule is CC(C)(O)CCc1ccc(OC2CCCC2)cc1. The Morgan fingerprint density at radius 2 is 1.78 bits per heavy atom. The second-order valence-corrected chi connectivity index (χ2v) is 5.98. The maximum absolute atomic E-state index is 9.70. The van der Waals surface area contributed by atoms with Crippen LogP contribution in [0.3, 0.4) is 0 Å². The van der Waals surface area contributed by atoms with Crippen LogP contribution in [0.5, 0.6) is 5.75 Å². The molecule has 18 heavy (non-hydrogen) atoms. The van der Waals surface area contributed by atoms with Crippen LogP contribution in [0.1, 0.15) is 51.5 Å². The van der Waals surface area contributed by atoms with Crippen molar-refractivity contribution in [2.24, 2.45) is 0 Å². The molecule has 0 spiro atoms. The zero-order valence-electron chi connectivity index (χ0n) is 11.5. The van der Waals surface area contributed by atoms with Gasteiger partial charge in [-0.15, -0.1) is 0 Å².